The minimum Gasteiger partial charge on any atom is -0.305 e. The third-order valence-electron chi connectivity index (χ3n) is 3.61. The summed E-state index contributed by atoms with van der Waals surface area (Å²) in [6.45, 7) is 4.56. The predicted octanol–water partition coefficient (Wildman–Crippen LogP) is 2.46. The summed E-state index contributed by atoms with van der Waals surface area (Å²) in [5, 5.41) is 3.18. The zero-order valence-corrected chi connectivity index (χ0v) is 13.3. The Morgan fingerprint density at radius 1 is 1.50 bits per heavy atom. The molecule has 2 unspecified atom stereocenters. The highest BCUT2D eigenvalue weighted by atomic mass is 35.5. The molecule has 6 heteroatoms. The Labute approximate surface area is 128 Å². The number of thiophene rings is 1. The van der Waals surface area contributed by atoms with Gasteiger partial charge in [-0.25, -0.2) is 0 Å². The SMILES string of the molecule is CCC(C)N1C(=O)CC(NCCc2ccc(Cl)s2)C1=O. The number of halogens is 1. The molecule has 0 aromatic carbocycles. The number of hydrogen-bond acceptors (Lipinski definition) is 4. The van der Waals surface area contributed by atoms with Crippen LogP contribution in [0.1, 0.15) is 31.6 Å². The molecule has 2 rings (SSSR count). The van der Waals surface area contributed by atoms with Gasteiger partial charge in [0.1, 0.15) is 0 Å². The molecule has 0 bridgehead atoms. The summed E-state index contributed by atoms with van der Waals surface area (Å²) in [6.07, 6.45) is 1.88. The van der Waals surface area contributed by atoms with Crippen LogP contribution in [-0.4, -0.2) is 35.3 Å². The molecule has 2 heterocycles. The fourth-order valence-corrected chi connectivity index (χ4v) is 3.40. The molecule has 1 N–H and O–H groups in total. The fourth-order valence-electron chi connectivity index (χ4n) is 2.31. The van der Waals surface area contributed by atoms with Crippen LogP contribution >= 0.6 is 22.9 Å². The van der Waals surface area contributed by atoms with E-state index in [1.54, 1.807) is 11.3 Å². The number of hydrogen-bond donors (Lipinski definition) is 1. The van der Waals surface area contributed by atoms with Gasteiger partial charge in [-0.05, 0) is 31.9 Å². The molecule has 1 aliphatic rings. The van der Waals surface area contributed by atoms with Gasteiger partial charge in [0.15, 0.2) is 0 Å². The summed E-state index contributed by atoms with van der Waals surface area (Å²) in [5.74, 6) is -0.158. The first kappa shape index (κ1) is 15.5. The van der Waals surface area contributed by atoms with Crippen molar-refractivity contribution in [3.05, 3.63) is 21.3 Å². The maximum absolute atomic E-state index is 12.2. The van der Waals surface area contributed by atoms with Gasteiger partial charge in [0.05, 0.1) is 16.8 Å². The quantitative estimate of drug-likeness (QED) is 0.821. The number of nitrogens with zero attached hydrogens (tertiary/aromatic N) is 1. The van der Waals surface area contributed by atoms with Crippen LogP contribution in [0.5, 0.6) is 0 Å². The van der Waals surface area contributed by atoms with Gasteiger partial charge in [0, 0.05) is 17.5 Å². The maximum Gasteiger partial charge on any atom is 0.247 e. The highest BCUT2D eigenvalue weighted by Gasteiger charge is 2.40. The summed E-state index contributed by atoms with van der Waals surface area (Å²) < 4.78 is 0.773. The van der Waals surface area contributed by atoms with Crippen molar-refractivity contribution in [2.45, 2.75) is 45.2 Å². The Hall–Kier alpha value is -0.910. The normalized spacial score (nSPS) is 20.8. The second-order valence-corrected chi connectivity index (χ2v) is 6.83. The van der Waals surface area contributed by atoms with E-state index in [1.807, 2.05) is 26.0 Å². The lowest BCUT2D eigenvalue weighted by atomic mass is 10.2. The van der Waals surface area contributed by atoms with Gasteiger partial charge in [0.2, 0.25) is 11.8 Å². The zero-order chi connectivity index (χ0) is 14.7. The molecular formula is C14H19ClN2O2S. The summed E-state index contributed by atoms with van der Waals surface area (Å²) in [6, 6.07) is 3.47. The lowest BCUT2D eigenvalue weighted by Gasteiger charge is -2.21. The third kappa shape index (κ3) is 3.40. The van der Waals surface area contributed by atoms with Crippen LogP contribution in [0.15, 0.2) is 12.1 Å². The van der Waals surface area contributed by atoms with Crippen LogP contribution in [0.2, 0.25) is 4.34 Å². The first-order valence-corrected chi connectivity index (χ1v) is 8.06. The molecule has 0 saturated carbocycles. The van der Waals surface area contributed by atoms with E-state index < -0.39 is 0 Å². The molecule has 4 nitrogen and oxygen atoms in total. The van der Waals surface area contributed by atoms with Gasteiger partial charge in [-0.3, -0.25) is 14.5 Å². The molecule has 1 aliphatic heterocycles. The molecule has 0 aliphatic carbocycles. The smallest absolute Gasteiger partial charge is 0.247 e. The van der Waals surface area contributed by atoms with Crippen molar-refractivity contribution < 1.29 is 9.59 Å². The van der Waals surface area contributed by atoms with Crippen LogP contribution in [0.3, 0.4) is 0 Å². The second-order valence-electron chi connectivity index (χ2n) is 5.03. The molecule has 0 radical (unpaired) electrons. The van der Waals surface area contributed by atoms with Gasteiger partial charge in [-0.2, -0.15) is 0 Å². The molecule has 0 spiro atoms. The fraction of sp³-hybridized carbons (Fsp3) is 0.571. The monoisotopic (exact) mass is 314 g/mol. The van der Waals surface area contributed by atoms with Crippen molar-refractivity contribution in [1.29, 1.82) is 0 Å². The van der Waals surface area contributed by atoms with Gasteiger partial charge in [-0.1, -0.05) is 18.5 Å². The van der Waals surface area contributed by atoms with Crippen molar-refractivity contribution in [1.82, 2.24) is 10.2 Å². The van der Waals surface area contributed by atoms with E-state index in [0.29, 0.717) is 6.54 Å². The average molecular weight is 315 g/mol. The van der Waals surface area contributed by atoms with Crippen molar-refractivity contribution in [3.8, 4) is 0 Å². The van der Waals surface area contributed by atoms with Crippen molar-refractivity contribution >= 4 is 34.8 Å². The molecule has 2 atom stereocenters. The van der Waals surface area contributed by atoms with E-state index in [4.69, 9.17) is 11.6 Å². The Kier molecular flexibility index (Phi) is 5.18. The topological polar surface area (TPSA) is 49.4 Å². The molecule has 1 fully saturated rings. The standard InChI is InChI=1S/C14H19ClN2O2S/c1-3-9(2)17-13(18)8-11(14(17)19)16-7-6-10-4-5-12(15)20-10/h4-5,9,11,16H,3,6-8H2,1-2H3. The lowest BCUT2D eigenvalue weighted by molar-refractivity contribution is -0.141. The highest BCUT2D eigenvalue weighted by Crippen LogP contribution is 2.22. The van der Waals surface area contributed by atoms with Crippen LogP contribution in [0.25, 0.3) is 0 Å². The van der Waals surface area contributed by atoms with E-state index in [2.05, 4.69) is 5.32 Å². The van der Waals surface area contributed by atoms with E-state index in [1.165, 1.54) is 9.78 Å². The largest absolute Gasteiger partial charge is 0.305 e. The molecule has 1 saturated heterocycles. The van der Waals surface area contributed by atoms with Crippen molar-refractivity contribution in [2.75, 3.05) is 6.54 Å². The number of likely N-dealkylation sites (tertiary alicyclic amines) is 1. The summed E-state index contributed by atoms with van der Waals surface area (Å²) in [4.78, 5) is 26.6. The molecule has 1 aromatic rings. The number of carbonyl (C=O) groups excluding carboxylic acids is 2. The second kappa shape index (κ2) is 6.70. The van der Waals surface area contributed by atoms with Gasteiger partial charge < -0.3 is 5.32 Å². The molecule has 110 valence electrons. The maximum atomic E-state index is 12.2. The first-order valence-electron chi connectivity index (χ1n) is 6.86. The Morgan fingerprint density at radius 2 is 2.25 bits per heavy atom. The third-order valence-corrected chi connectivity index (χ3v) is 4.90. The minimum atomic E-state index is -0.369. The average Bonchev–Trinajstić information content (AvgIpc) is 2.94. The lowest BCUT2D eigenvalue weighted by Crippen LogP contribution is -2.43. The van der Waals surface area contributed by atoms with E-state index >= 15 is 0 Å². The van der Waals surface area contributed by atoms with E-state index in [9.17, 15) is 9.59 Å². The van der Waals surface area contributed by atoms with E-state index in [-0.39, 0.29) is 30.3 Å². The number of nitrogens with one attached hydrogen (secondary N) is 1. The van der Waals surface area contributed by atoms with Crippen LogP contribution in [0, 0.1) is 0 Å². The Bertz CT molecular complexity index is 503. The Balaban J connectivity index is 1.85. The molecular weight excluding hydrogens is 296 g/mol. The number of amides is 2. The van der Waals surface area contributed by atoms with Crippen molar-refractivity contribution in [3.63, 3.8) is 0 Å². The highest BCUT2D eigenvalue weighted by molar-refractivity contribution is 7.16. The van der Waals surface area contributed by atoms with Crippen LogP contribution in [0.4, 0.5) is 0 Å². The summed E-state index contributed by atoms with van der Waals surface area (Å²) >= 11 is 7.42. The van der Waals surface area contributed by atoms with Crippen LogP contribution in [-0.2, 0) is 16.0 Å². The van der Waals surface area contributed by atoms with Crippen molar-refractivity contribution in [2.24, 2.45) is 0 Å². The Morgan fingerprint density at radius 3 is 2.85 bits per heavy atom. The van der Waals surface area contributed by atoms with E-state index in [0.717, 1.165) is 17.2 Å². The number of imide groups is 1. The summed E-state index contributed by atoms with van der Waals surface area (Å²) in [7, 11) is 0. The minimum absolute atomic E-state index is 0.0158. The van der Waals surface area contributed by atoms with Crippen LogP contribution < -0.4 is 5.32 Å². The van der Waals surface area contributed by atoms with Gasteiger partial charge in [-0.15, -0.1) is 11.3 Å². The first-order chi connectivity index (χ1) is 9.52. The molecule has 20 heavy (non-hydrogen) atoms. The summed E-state index contributed by atoms with van der Waals surface area (Å²) in [5.41, 5.74) is 0. The molecule has 1 aromatic heterocycles. The van der Waals surface area contributed by atoms with Gasteiger partial charge in [0.25, 0.3) is 0 Å². The molecule has 2 amide bonds. The number of carbonyl (C=O) groups is 2. The number of rotatable bonds is 6. The zero-order valence-electron chi connectivity index (χ0n) is 11.7. The predicted molar refractivity (Wildman–Crippen MR) is 81.0 cm³/mol. The van der Waals surface area contributed by atoms with Gasteiger partial charge >= 0.3 is 0 Å².